The third kappa shape index (κ3) is 4.86. The predicted octanol–water partition coefficient (Wildman–Crippen LogP) is 2.94. The van der Waals surface area contributed by atoms with Crippen molar-refractivity contribution in [2.75, 3.05) is 5.32 Å². The van der Waals surface area contributed by atoms with Gasteiger partial charge in [0.05, 0.1) is 12.5 Å². The molecule has 6 heteroatoms. The summed E-state index contributed by atoms with van der Waals surface area (Å²) in [5.41, 5.74) is 0.777. The molecule has 1 aromatic heterocycles. The minimum Gasteiger partial charge on any atom is -0.349 e. The highest BCUT2D eigenvalue weighted by molar-refractivity contribution is 6.30. The van der Waals surface area contributed by atoms with Crippen LogP contribution in [0.1, 0.15) is 24.9 Å². The number of hydrogen-bond donors (Lipinski definition) is 2. The van der Waals surface area contributed by atoms with E-state index in [1.165, 1.54) is 6.92 Å². The highest BCUT2D eigenvalue weighted by Crippen LogP contribution is 2.21. The molecule has 2 rings (SSSR count). The average Bonchev–Trinajstić information content (AvgIpc) is 2.47. The highest BCUT2D eigenvalue weighted by atomic mass is 35.5. The summed E-state index contributed by atoms with van der Waals surface area (Å²) in [6.07, 6.45) is 1.69. The van der Waals surface area contributed by atoms with Crippen LogP contribution in [0.25, 0.3) is 0 Å². The van der Waals surface area contributed by atoms with Crippen molar-refractivity contribution >= 4 is 29.2 Å². The minimum atomic E-state index is -0.445. The summed E-state index contributed by atoms with van der Waals surface area (Å²) in [4.78, 5) is 27.5. The van der Waals surface area contributed by atoms with Crippen molar-refractivity contribution in [3.05, 3.63) is 59.2 Å². The van der Waals surface area contributed by atoms with Crippen molar-refractivity contribution in [1.82, 2.24) is 10.3 Å². The zero-order valence-electron chi connectivity index (χ0n) is 12.0. The second kappa shape index (κ2) is 7.56. The summed E-state index contributed by atoms with van der Waals surface area (Å²) in [6, 6.07) is 11.9. The minimum absolute atomic E-state index is 0.0937. The fourth-order valence-electron chi connectivity index (χ4n) is 2.04. The molecule has 2 amide bonds. The number of pyridine rings is 1. The number of halogens is 1. The van der Waals surface area contributed by atoms with Crippen molar-refractivity contribution in [2.45, 2.75) is 19.4 Å². The molecule has 1 aromatic carbocycles. The van der Waals surface area contributed by atoms with E-state index in [4.69, 9.17) is 11.6 Å². The van der Waals surface area contributed by atoms with Gasteiger partial charge in [0.1, 0.15) is 5.82 Å². The van der Waals surface area contributed by atoms with Gasteiger partial charge in [-0.15, -0.1) is 0 Å². The van der Waals surface area contributed by atoms with Gasteiger partial charge >= 0.3 is 0 Å². The van der Waals surface area contributed by atoms with Crippen LogP contribution in [0.5, 0.6) is 0 Å². The van der Waals surface area contributed by atoms with E-state index in [0.717, 1.165) is 5.56 Å². The van der Waals surface area contributed by atoms with Gasteiger partial charge in [-0.25, -0.2) is 4.98 Å². The molecule has 2 N–H and O–H groups in total. The van der Waals surface area contributed by atoms with Crippen LogP contribution in [-0.2, 0) is 9.59 Å². The first kappa shape index (κ1) is 16.0. The molecular weight excluding hydrogens is 302 g/mol. The maximum absolute atomic E-state index is 12.1. The average molecular weight is 318 g/mol. The molecule has 0 saturated heterocycles. The number of benzene rings is 1. The van der Waals surface area contributed by atoms with Crippen LogP contribution in [0.3, 0.4) is 0 Å². The van der Waals surface area contributed by atoms with Crippen molar-refractivity contribution in [1.29, 1.82) is 0 Å². The number of carbonyl (C=O) groups excluding carboxylic acids is 2. The van der Waals surface area contributed by atoms with Crippen LogP contribution >= 0.6 is 11.6 Å². The number of carbonyl (C=O) groups is 2. The number of amides is 2. The van der Waals surface area contributed by atoms with Crippen molar-refractivity contribution in [2.24, 2.45) is 0 Å². The third-order valence-electron chi connectivity index (χ3n) is 2.95. The van der Waals surface area contributed by atoms with Crippen molar-refractivity contribution in [3.63, 3.8) is 0 Å². The SMILES string of the molecule is CC(=O)NC(CC(=O)Nc1ccccn1)c1cccc(Cl)c1. The summed E-state index contributed by atoms with van der Waals surface area (Å²) >= 11 is 5.97. The van der Waals surface area contributed by atoms with Gasteiger partial charge in [0.25, 0.3) is 0 Å². The first-order valence-corrected chi connectivity index (χ1v) is 7.16. The second-order valence-corrected chi connectivity index (χ2v) is 5.21. The number of hydrogen-bond acceptors (Lipinski definition) is 3. The molecule has 0 fully saturated rings. The Hall–Kier alpha value is -2.40. The van der Waals surface area contributed by atoms with E-state index >= 15 is 0 Å². The lowest BCUT2D eigenvalue weighted by Crippen LogP contribution is -2.29. The van der Waals surface area contributed by atoms with Gasteiger partial charge in [-0.3, -0.25) is 9.59 Å². The van der Waals surface area contributed by atoms with Crippen molar-refractivity contribution in [3.8, 4) is 0 Å². The fraction of sp³-hybridized carbons (Fsp3) is 0.188. The van der Waals surface area contributed by atoms with Crippen LogP contribution in [0.2, 0.25) is 5.02 Å². The molecule has 0 aliphatic carbocycles. The van der Waals surface area contributed by atoms with Crippen LogP contribution in [0.4, 0.5) is 5.82 Å². The van der Waals surface area contributed by atoms with E-state index in [-0.39, 0.29) is 18.2 Å². The molecule has 0 saturated carbocycles. The smallest absolute Gasteiger partial charge is 0.227 e. The Morgan fingerprint density at radius 3 is 2.68 bits per heavy atom. The maximum Gasteiger partial charge on any atom is 0.227 e. The number of nitrogens with zero attached hydrogens (tertiary/aromatic N) is 1. The topological polar surface area (TPSA) is 71.1 Å². The quantitative estimate of drug-likeness (QED) is 0.890. The summed E-state index contributed by atoms with van der Waals surface area (Å²) in [7, 11) is 0. The van der Waals surface area contributed by atoms with Gasteiger partial charge in [-0.05, 0) is 29.8 Å². The molecule has 1 unspecified atom stereocenters. The number of aromatic nitrogens is 1. The van der Waals surface area contributed by atoms with Crippen LogP contribution in [0, 0.1) is 0 Å². The van der Waals surface area contributed by atoms with Crippen molar-refractivity contribution < 1.29 is 9.59 Å². The molecule has 0 radical (unpaired) electrons. The van der Waals surface area contributed by atoms with E-state index in [1.54, 1.807) is 42.6 Å². The Bertz CT molecular complexity index is 661. The second-order valence-electron chi connectivity index (χ2n) is 4.78. The summed E-state index contributed by atoms with van der Waals surface area (Å²) in [6.45, 7) is 1.41. The van der Waals surface area contributed by atoms with Crippen LogP contribution in [-0.4, -0.2) is 16.8 Å². The molecule has 0 bridgehead atoms. The Balaban J connectivity index is 2.09. The lowest BCUT2D eigenvalue weighted by atomic mass is 10.0. The van der Waals surface area contributed by atoms with Crippen LogP contribution < -0.4 is 10.6 Å². The number of anilines is 1. The third-order valence-corrected chi connectivity index (χ3v) is 3.19. The monoisotopic (exact) mass is 317 g/mol. The van der Waals surface area contributed by atoms with Gasteiger partial charge in [-0.1, -0.05) is 29.8 Å². The summed E-state index contributed by atoms with van der Waals surface area (Å²) < 4.78 is 0. The number of nitrogens with one attached hydrogen (secondary N) is 2. The molecule has 114 valence electrons. The fourth-order valence-corrected chi connectivity index (χ4v) is 2.24. The normalized spacial score (nSPS) is 11.5. The Labute approximate surface area is 133 Å². The molecule has 1 atom stereocenters. The summed E-state index contributed by atoms with van der Waals surface area (Å²) in [5.74, 6) is 0.0215. The summed E-state index contributed by atoms with van der Waals surface area (Å²) in [5, 5.41) is 6.01. The van der Waals surface area contributed by atoms with Gasteiger partial charge in [0.2, 0.25) is 11.8 Å². The van der Waals surface area contributed by atoms with E-state index in [9.17, 15) is 9.59 Å². The lowest BCUT2D eigenvalue weighted by molar-refractivity contribution is -0.120. The zero-order valence-corrected chi connectivity index (χ0v) is 12.8. The van der Waals surface area contributed by atoms with Gasteiger partial charge in [0, 0.05) is 18.1 Å². The van der Waals surface area contributed by atoms with Gasteiger partial charge < -0.3 is 10.6 Å². The predicted molar refractivity (Wildman–Crippen MR) is 85.5 cm³/mol. The van der Waals surface area contributed by atoms with E-state index in [1.807, 2.05) is 6.07 Å². The lowest BCUT2D eigenvalue weighted by Gasteiger charge is -2.18. The largest absolute Gasteiger partial charge is 0.349 e. The number of rotatable bonds is 5. The van der Waals surface area contributed by atoms with E-state index < -0.39 is 6.04 Å². The van der Waals surface area contributed by atoms with Crippen LogP contribution in [0.15, 0.2) is 48.7 Å². The molecule has 22 heavy (non-hydrogen) atoms. The molecule has 2 aromatic rings. The van der Waals surface area contributed by atoms with Gasteiger partial charge in [-0.2, -0.15) is 0 Å². The highest BCUT2D eigenvalue weighted by Gasteiger charge is 2.17. The zero-order chi connectivity index (χ0) is 15.9. The standard InChI is InChI=1S/C16H16ClN3O2/c1-11(21)19-14(12-5-4-6-13(17)9-12)10-16(22)20-15-7-2-3-8-18-15/h2-9,14H,10H2,1H3,(H,19,21)(H,18,20,22). The Morgan fingerprint density at radius 1 is 1.23 bits per heavy atom. The molecule has 0 aliphatic rings. The molecule has 5 nitrogen and oxygen atoms in total. The molecule has 0 aliphatic heterocycles. The molecule has 1 heterocycles. The maximum atomic E-state index is 12.1. The first-order chi connectivity index (χ1) is 10.5. The van der Waals surface area contributed by atoms with Gasteiger partial charge in [0.15, 0.2) is 0 Å². The Morgan fingerprint density at radius 2 is 2.05 bits per heavy atom. The molecule has 0 spiro atoms. The first-order valence-electron chi connectivity index (χ1n) is 6.78. The molecular formula is C16H16ClN3O2. The van der Waals surface area contributed by atoms with E-state index in [2.05, 4.69) is 15.6 Å². The van der Waals surface area contributed by atoms with E-state index in [0.29, 0.717) is 10.8 Å². The Kier molecular flexibility index (Phi) is 5.49.